The van der Waals surface area contributed by atoms with Crippen molar-refractivity contribution in [3.63, 3.8) is 0 Å². The number of aliphatic hydroxyl groups excluding tert-OH is 1. The van der Waals surface area contributed by atoms with Crippen LogP contribution in [-0.4, -0.2) is 28.5 Å². The average molecular weight is 289 g/mol. The van der Waals surface area contributed by atoms with Crippen molar-refractivity contribution in [1.82, 2.24) is 10.2 Å². The Hall–Kier alpha value is -1.46. The van der Waals surface area contributed by atoms with Crippen LogP contribution in [0.1, 0.15) is 29.8 Å². The summed E-state index contributed by atoms with van der Waals surface area (Å²) in [4.78, 5) is 0. The van der Waals surface area contributed by atoms with E-state index in [-0.39, 0.29) is 6.61 Å². The van der Waals surface area contributed by atoms with Gasteiger partial charge >= 0.3 is 0 Å². The number of hydrogen-bond donors (Lipinski definition) is 2. The molecule has 1 aromatic heterocycles. The number of nitrogens with zero attached hydrogens (tertiary/aromatic N) is 2. The third-order valence-corrected chi connectivity index (χ3v) is 4.76. The Balaban J connectivity index is 1.55. The van der Waals surface area contributed by atoms with Crippen LogP contribution in [0.3, 0.4) is 0 Å². The van der Waals surface area contributed by atoms with Crippen LogP contribution in [0.15, 0.2) is 30.3 Å². The molecule has 4 nitrogen and oxygen atoms in total. The third-order valence-electron chi connectivity index (χ3n) is 3.88. The molecule has 0 aliphatic heterocycles. The molecule has 20 heavy (non-hydrogen) atoms. The van der Waals surface area contributed by atoms with Gasteiger partial charge in [-0.15, -0.1) is 10.2 Å². The van der Waals surface area contributed by atoms with Crippen molar-refractivity contribution in [2.24, 2.45) is 5.41 Å². The van der Waals surface area contributed by atoms with Crippen LogP contribution < -0.4 is 5.32 Å². The number of rotatable bonds is 7. The molecular weight excluding hydrogens is 270 g/mol. The van der Waals surface area contributed by atoms with Gasteiger partial charge in [0.25, 0.3) is 0 Å². The van der Waals surface area contributed by atoms with Gasteiger partial charge in [-0.25, -0.2) is 0 Å². The monoisotopic (exact) mass is 289 g/mol. The molecule has 0 unspecified atom stereocenters. The second-order valence-corrected chi connectivity index (χ2v) is 6.55. The van der Waals surface area contributed by atoms with Crippen LogP contribution in [0.2, 0.25) is 0 Å². The first-order valence-electron chi connectivity index (χ1n) is 7.01. The van der Waals surface area contributed by atoms with E-state index in [9.17, 15) is 0 Å². The summed E-state index contributed by atoms with van der Waals surface area (Å²) in [5, 5.41) is 22.8. The Morgan fingerprint density at radius 3 is 2.70 bits per heavy atom. The zero-order chi connectivity index (χ0) is 13.8. The van der Waals surface area contributed by atoms with Gasteiger partial charge in [0.15, 0.2) is 0 Å². The SMILES string of the molecule is OCCC1(CNc2nnc(Cc3ccccc3)s2)CC1. The molecule has 0 atom stereocenters. The number of hydrogen-bond acceptors (Lipinski definition) is 5. The van der Waals surface area contributed by atoms with E-state index in [0.717, 1.165) is 29.5 Å². The molecule has 1 aromatic carbocycles. The first kappa shape index (κ1) is 13.5. The van der Waals surface area contributed by atoms with Crippen LogP contribution in [0.5, 0.6) is 0 Å². The van der Waals surface area contributed by atoms with E-state index < -0.39 is 0 Å². The van der Waals surface area contributed by atoms with Crippen LogP contribution in [0, 0.1) is 5.41 Å². The summed E-state index contributed by atoms with van der Waals surface area (Å²) in [5.41, 5.74) is 1.56. The molecule has 0 spiro atoms. The Kier molecular flexibility index (Phi) is 3.98. The van der Waals surface area contributed by atoms with Gasteiger partial charge in [0.1, 0.15) is 5.01 Å². The lowest BCUT2D eigenvalue weighted by Gasteiger charge is -2.13. The number of aliphatic hydroxyl groups is 1. The van der Waals surface area contributed by atoms with Crippen molar-refractivity contribution in [3.05, 3.63) is 40.9 Å². The molecular formula is C15H19N3OS. The van der Waals surface area contributed by atoms with E-state index in [0.29, 0.717) is 5.41 Å². The Labute approximate surface area is 122 Å². The fraction of sp³-hybridized carbons (Fsp3) is 0.467. The topological polar surface area (TPSA) is 58.0 Å². The van der Waals surface area contributed by atoms with Crippen LogP contribution >= 0.6 is 11.3 Å². The fourth-order valence-electron chi connectivity index (χ4n) is 2.36. The van der Waals surface area contributed by atoms with E-state index in [1.807, 2.05) is 18.2 Å². The van der Waals surface area contributed by atoms with Crippen LogP contribution in [0.4, 0.5) is 5.13 Å². The maximum absolute atomic E-state index is 9.05. The van der Waals surface area contributed by atoms with Crippen molar-refractivity contribution in [2.45, 2.75) is 25.7 Å². The second kappa shape index (κ2) is 5.89. The van der Waals surface area contributed by atoms with Gasteiger partial charge in [0, 0.05) is 19.6 Å². The van der Waals surface area contributed by atoms with Gasteiger partial charge in [-0.1, -0.05) is 41.7 Å². The van der Waals surface area contributed by atoms with E-state index in [2.05, 4.69) is 27.6 Å². The second-order valence-electron chi connectivity index (χ2n) is 5.49. The molecule has 1 heterocycles. The van der Waals surface area contributed by atoms with Gasteiger partial charge in [-0.2, -0.15) is 0 Å². The van der Waals surface area contributed by atoms with Crippen molar-refractivity contribution >= 4 is 16.5 Å². The van der Waals surface area contributed by atoms with Crippen molar-refractivity contribution in [1.29, 1.82) is 0 Å². The highest BCUT2D eigenvalue weighted by molar-refractivity contribution is 7.15. The number of benzene rings is 1. The lowest BCUT2D eigenvalue weighted by molar-refractivity contribution is 0.253. The van der Waals surface area contributed by atoms with Crippen LogP contribution in [0.25, 0.3) is 0 Å². The minimum atomic E-state index is 0.275. The maximum atomic E-state index is 9.05. The highest BCUT2D eigenvalue weighted by atomic mass is 32.1. The van der Waals surface area contributed by atoms with E-state index in [1.54, 1.807) is 11.3 Å². The summed E-state index contributed by atoms with van der Waals surface area (Å²) in [6, 6.07) is 10.3. The standard InChI is InChI=1S/C15H19N3OS/c19-9-8-15(6-7-15)11-16-14-18-17-13(20-14)10-12-4-2-1-3-5-12/h1-5,19H,6-11H2,(H,16,18). The smallest absolute Gasteiger partial charge is 0.205 e. The maximum Gasteiger partial charge on any atom is 0.205 e. The summed E-state index contributed by atoms with van der Waals surface area (Å²) in [5.74, 6) is 0. The predicted molar refractivity (Wildman–Crippen MR) is 81.0 cm³/mol. The molecule has 2 aromatic rings. The zero-order valence-corrected chi connectivity index (χ0v) is 12.2. The Morgan fingerprint density at radius 1 is 1.20 bits per heavy atom. The summed E-state index contributed by atoms with van der Waals surface area (Å²) >= 11 is 1.62. The van der Waals surface area contributed by atoms with Gasteiger partial charge in [0.05, 0.1) is 0 Å². The van der Waals surface area contributed by atoms with Crippen molar-refractivity contribution in [3.8, 4) is 0 Å². The first-order valence-corrected chi connectivity index (χ1v) is 7.82. The molecule has 1 aliphatic rings. The molecule has 0 amide bonds. The number of nitrogens with one attached hydrogen (secondary N) is 1. The molecule has 3 rings (SSSR count). The molecule has 1 fully saturated rings. The van der Waals surface area contributed by atoms with Crippen LogP contribution in [-0.2, 0) is 6.42 Å². The third kappa shape index (κ3) is 3.35. The summed E-state index contributed by atoms with van der Waals surface area (Å²) < 4.78 is 0. The first-order chi connectivity index (χ1) is 9.80. The summed E-state index contributed by atoms with van der Waals surface area (Å²) in [6.45, 7) is 1.17. The van der Waals surface area contributed by atoms with E-state index in [1.165, 1.54) is 18.4 Å². The van der Waals surface area contributed by atoms with E-state index in [4.69, 9.17) is 5.11 Å². The molecule has 106 valence electrons. The molecule has 0 bridgehead atoms. The predicted octanol–water partition coefficient (Wildman–Crippen LogP) is 2.70. The quantitative estimate of drug-likeness (QED) is 0.823. The molecule has 2 N–H and O–H groups in total. The minimum absolute atomic E-state index is 0.275. The summed E-state index contributed by atoms with van der Waals surface area (Å²) in [7, 11) is 0. The Morgan fingerprint density at radius 2 is 2.00 bits per heavy atom. The number of aromatic nitrogens is 2. The molecule has 5 heteroatoms. The Bertz CT molecular complexity index is 551. The summed E-state index contributed by atoms with van der Waals surface area (Å²) in [6.07, 6.45) is 4.13. The molecule has 0 saturated heterocycles. The number of anilines is 1. The average Bonchev–Trinajstić information content (AvgIpc) is 3.09. The lowest BCUT2D eigenvalue weighted by Crippen LogP contribution is -2.16. The minimum Gasteiger partial charge on any atom is -0.396 e. The van der Waals surface area contributed by atoms with Gasteiger partial charge in [-0.3, -0.25) is 0 Å². The fourth-order valence-corrected chi connectivity index (χ4v) is 3.13. The lowest BCUT2D eigenvalue weighted by atomic mass is 10.0. The van der Waals surface area contributed by atoms with Gasteiger partial charge in [-0.05, 0) is 30.2 Å². The normalized spacial score (nSPS) is 16.1. The molecule has 1 saturated carbocycles. The highest BCUT2D eigenvalue weighted by Gasteiger charge is 2.41. The largest absolute Gasteiger partial charge is 0.396 e. The zero-order valence-electron chi connectivity index (χ0n) is 11.4. The molecule has 0 radical (unpaired) electrons. The van der Waals surface area contributed by atoms with E-state index >= 15 is 0 Å². The van der Waals surface area contributed by atoms with Gasteiger partial charge in [0.2, 0.25) is 5.13 Å². The van der Waals surface area contributed by atoms with Crippen molar-refractivity contribution in [2.75, 3.05) is 18.5 Å². The highest BCUT2D eigenvalue weighted by Crippen LogP contribution is 2.48. The molecule has 1 aliphatic carbocycles. The van der Waals surface area contributed by atoms with Crippen molar-refractivity contribution < 1.29 is 5.11 Å². The van der Waals surface area contributed by atoms with Gasteiger partial charge < -0.3 is 10.4 Å².